The average molecular weight is 379 g/mol. The first-order valence-electron chi connectivity index (χ1n) is 9.69. The molecule has 0 radical (unpaired) electrons. The molecule has 8 heteroatoms. The number of nitrogens with zero attached hydrogens (tertiary/aromatic N) is 6. The van der Waals surface area contributed by atoms with Crippen molar-refractivity contribution in [1.82, 2.24) is 34.8 Å². The number of aryl methyl sites for hydroxylation is 2. The minimum absolute atomic E-state index is 0.0266. The lowest BCUT2D eigenvalue weighted by Crippen LogP contribution is -2.40. The summed E-state index contributed by atoms with van der Waals surface area (Å²) in [5.41, 5.74) is 3.76. The van der Waals surface area contributed by atoms with E-state index in [-0.39, 0.29) is 18.5 Å². The predicted molar refractivity (Wildman–Crippen MR) is 104 cm³/mol. The zero-order chi connectivity index (χ0) is 19.5. The van der Waals surface area contributed by atoms with Crippen LogP contribution in [0.5, 0.6) is 0 Å². The minimum Gasteiger partial charge on any atom is -0.352 e. The summed E-state index contributed by atoms with van der Waals surface area (Å²) in [5.74, 6) is 0.0266. The van der Waals surface area contributed by atoms with Gasteiger partial charge < -0.3 is 5.32 Å². The second-order valence-electron chi connectivity index (χ2n) is 7.46. The number of hydrogen-bond acceptors (Lipinski definition) is 5. The summed E-state index contributed by atoms with van der Waals surface area (Å²) in [7, 11) is 0. The summed E-state index contributed by atoms with van der Waals surface area (Å²) in [6.45, 7) is 4.19. The standard InChI is InChI=1S/C20H25N7O/c1-14-9-15(2)26(25-14)13-20(28)24-17-3-5-18(6-4-17)27-12-16(10-23-27)19-11-21-7-8-22-19/h7-12,17-18H,3-6,13H2,1-2H3,(H,24,28). The summed E-state index contributed by atoms with van der Waals surface area (Å²) >= 11 is 0. The zero-order valence-corrected chi connectivity index (χ0v) is 16.2. The van der Waals surface area contributed by atoms with Gasteiger partial charge in [0.05, 0.1) is 29.8 Å². The number of carbonyl (C=O) groups is 1. The highest BCUT2D eigenvalue weighted by molar-refractivity contribution is 5.76. The van der Waals surface area contributed by atoms with Gasteiger partial charge in [0.1, 0.15) is 6.54 Å². The van der Waals surface area contributed by atoms with Crippen LogP contribution in [0.1, 0.15) is 43.1 Å². The van der Waals surface area contributed by atoms with E-state index in [1.165, 1.54) is 0 Å². The molecule has 0 saturated heterocycles. The molecule has 0 spiro atoms. The molecule has 1 aliphatic carbocycles. The van der Waals surface area contributed by atoms with Crippen molar-refractivity contribution in [1.29, 1.82) is 0 Å². The van der Waals surface area contributed by atoms with Crippen molar-refractivity contribution in [3.05, 3.63) is 48.4 Å². The first-order chi connectivity index (χ1) is 13.6. The Morgan fingerprint density at radius 2 is 2.00 bits per heavy atom. The molecule has 1 aliphatic rings. The van der Waals surface area contributed by atoms with Crippen molar-refractivity contribution >= 4 is 5.91 Å². The average Bonchev–Trinajstić information content (AvgIpc) is 3.30. The van der Waals surface area contributed by atoms with Crippen LogP contribution in [0.3, 0.4) is 0 Å². The second-order valence-corrected chi connectivity index (χ2v) is 7.46. The van der Waals surface area contributed by atoms with Gasteiger partial charge in [-0.25, -0.2) is 0 Å². The Kier molecular flexibility index (Phi) is 5.18. The van der Waals surface area contributed by atoms with Gasteiger partial charge in [-0.15, -0.1) is 0 Å². The molecule has 0 atom stereocenters. The van der Waals surface area contributed by atoms with Crippen LogP contribution in [-0.4, -0.2) is 41.5 Å². The molecule has 8 nitrogen and oxygen atoms in total. The van der Waals surface area contributed by atoms with Crippen LogP contribution in [0, 0.1) is 13.8 Å². The SMILES string of the molecule is Cc1cc(C)n(CC(=O)NC2CCC(n3cc(-c4cnccn4)cn3)CC2)n1. The summed E-state index contributed by atoms with van der Waals surface area (Å²) in [6, 6.07) is 2.56. The van der Waals surface area contributed by atoms with Gasteiger partial charge in [0, 0.05) is 35.9 Å². The van der Waals surface area contributed by atoms with Crippen molar-refractivity contribution < 1.29 is 4.79 Å². The molecule has 0 unspecified atom stereocenters. The van der Waals surface area contributed by atoms with Crippen molar-refractivity contribution in [3.8, 4) is 11.3 Å². The smallest absolute Gasteiger partial charge is 0.241 e. The van der Waals surface area contributed by atoms with E-state index in [1.807, 2.05) is 37.0 Å². The number of rotatable bonds is 5. The first kappa shape index (κ1) is 18.3. The van der Waals surface area contributed by atoms with Crippen LogP contribution in [0.4, 0.5) is 0 Å². The molecule has 1 fully saturated rings. The highest BCUT2D eigenvalue weighted by Crippen LogP contribution is 2.29. The first-order valence-corrected chi connectivity index (χ1v) is 9.69. The molecular weight excluding hydrogens is 354 g/mol. The molecular formula is C20H25N7O. The van der Waals surface area contributed by atoms with Gasteiger partial charge in [0.2, 0.25) is 5.91 Å². The van der Waals surface area contributed by atoms with Crippen molar-refractivity contribution in [2.24, 2.45) is 0 Å². The van der Waals surface area contributed by atoms with Crippen LogP contribution in [0.2, 0.25) is 0 Å². The fourth-order valence-corrected chi connectivity index (χ4v) is 3.85. The Hall–Kier alpha value is -3.03. The van der Waals surface area contributed by atoms with Crippen LogP contribution in [0.15, 0.2) is 37.1 Å². The molecule has 28 heavy (non-hydrogen) atoms. The van der Waals surface area contributed by atoms with Crippen LogP contribution in [-0.2, 0) is 11.3 Å². The summed E-state index contributed by atoms with van der Waals surface area (Å²) < 4.78 is 3.78. The third-order valence-electron chi connectivity index (χ3n) is 5.29. The maximum atomic E-state index is 12.4. The third kappa shape index (κ3) is 4.11. The fraction of sp³-hybridized carbons (Fsp3) is 0.450. The van der Waals surface area contributed by atoms with E-state index >= 15 is 0 Å². The van der Waals surface area contributed by atoms with Crippen molar-refractivity contribution in [3.63, 3.8) is 0 Å². The monoisotopic (exact) mass is 379 g/mol. The summed E-state index contributed by atoms with van der Waals surface area (Å²) in [4.78, 5) is 20.8. The summed E-state index contributed by atoms with van der Waals surface area (Å²) in [6.07, 6.45) is 12.9. The Labute approximate surface area is 164 Å². The molecule has 1 saturated carbocycles. The minimum atomic E-state index is 0.0266. The Balaban J connectivity index is 1.29. The molecule has 0 bridgehead atoms. The largest absolute Gasteiger partial charge is 0.352 e. The van der Waals surface area contributed by atoms with Crippen molar-refractivity contribution in [2.45, 2.75) is 58.2 Å². The lowest BCUT2D eigenvalue weighted by Gasteiger charge is -2.29. The molecule has 4 rings (SSSR count). The maximum absolute atomic E-state index is 12.4. The van der Waals surface area contributed by atoms with Gasteiger partial charge >= 0.3 is 0 Å². The molecule has 146 valence electrons. The number of aromatic nitrogens is 6. The molecule has 3 aromatic heterocycles. The van der Waals surface area contributed by atoms with Gasteiger partial charge in [-0.1, -0.05) is 0 Å². The molecule has 0 aromatic carbocycles. The van der Waals surface area contributed by atoms with Crippen LogP contribution >= 0.6 is 0 Å². The second kappa shape index (κ2) is 7.92. The third-order valence-corrected chi connectivity index (χ3v) is 5.29. The Morgan fingerprint density at radius 3 is 2.68 bits per heavy atom. The molecule has 3 heterocycles. The molecule has 1 N–H and O–H groups in total. The van der Waals surface area contributed by atoms with Gasteiger partial charge in [-0.3, -0.25) is 24.1 Å². The van der Waals surface area contributed by atoms with E-state index in [0.29, 0.717) is 6.04 Å². The lowest BCUT2D eigenvalue weighted by molar-refractivity contribution is -0.122. The van der Waals surface area contributed by atoms with E-state index in [1.54, 1.807) is 23.3 Å². The van der Waals surface area contributed by atoms with E-state index < -0.39 is 0 Å². The predicted octanol–water partition coefficient (Wildman–Crippen LogP) is 2.45. The zero-order valence-electron chi connectivity index (χ0n) is 16.2. The highest BCUT2D eigenvalue weighted by Gasteiger charge is 2.24. The van der Waals surface area contributed by atoms with E-state index in [0.717, 1.165) is 48.3 Å². The van der Waals surface area contributed by atoms with E-state index in [9.17, 15) is 4.79 Å². The van der Waals surface area contributed by atoms with Crippen molar-refractivity contribution in [2.75, 3.05) is 0 Å². The summed E-state index contributed by atoms with van der Waals surface area (Å²) in [5, 5.41) is 12.0. The van der Waals surface area contributed by atoms with E-state index in [2.05, 4.69) is 25.5 Å². The fourth-order valence-electron chi connectivity index (χ4n) is 3.85. The van der Waals surface area contributed by atoms with Gasteiger partial charge in [-0.2, -0.15) is 10.2 Å². The molecule has 3 aromatic rings. The quantitative estimate of drug-likeness (QED) is 0.735. The van der Waals surface area contributed by atoms with Gasteiger partial charge in [0.15, 0.2) is 0 Å². The van der Waals surface area contributed by atoms with Crippen LogP contribution < -0.4 is 5.32 Å². The Bertz CT molecular complexity index is 939. The van der Waals surface area contributed by atoms with Gasteiger partial charge in [0.25, 0.3) is 0 Å². The number of amides is 1. The molecule has 0 aliphatic heterocycles. The van der Waals surface area contributed by atoms with Crippen LogP contribution in [0.25, 0.3) is 11.3 Å². The van der Waals surface area contributed by atoms with E-state index in [4.69, 9.17) is 0 Å². The topological polar surface area (TPSA) is 90.5 Å². The number of carbonyl (C=O) groups excluding carboxylic acids is 1. The number of hydrogen-bond donors (Lipinski definition) is 1. The number of nitrogens with one attached hydrogen (secondary N) is 1. The normalized spacial score (nSPS) is 19.5. The molecule has 1 amide bonds. The maximum Gasteiger partial charge on any atom is 0.241 e. The lowest BCUT2D eigenvalue weighted by atomic mass is 9.91. The Morgan fingerprint density at radius 1 is 1.18 bits per heavy atom. The highest BCUT2D eigenvalue weighted by atomic mass is 16.2. The van der Waals surface area contributed by atoms with Gasteiger partial charge in [-0.05, 0) is 45.6 Å².